The van der Waals surface area contributed by atoms with E-state index in [0.29, 0.717) is 11.1 Å². The molecular weight excluding hydrogens is 279 g/mol. The molecule has 1 N–H and O–H groups in total. The molecule has 2 rings (SSSR count). The van der Waals surface area contributed by atoms with Crippen LogP contribution in [-0.2, 0) is 6.18 Å². The van der Waals surface area contributed by atoms with Gasteiger partial charge in [0.15, 0.2) is 0 Å². The number of halogens is 3. The number of rotatable bonds is 2. The lowest BCUT2D eigenvalue weighted by Gasteiger charge is -2.09. The van der Waals surface area contributed by atoms with E-state index in [1.54, 1.807) is 19.1 Å². The van der Waals surface area contributed by atoms with E-state index in [0.717, 1.165) is 11.6 Å². The number of hydrogen-bond acceptors (Lipinski definition) is 2. The number of benzene rings is 2. The van der Waals surface area contributed by atoms with Gasteiger partial charge < -0.3 is 5.11 Å². The number of phenolic OH excluding ortho intramolecular Hbond substituents is 1. The summed E-state index contributed by atoms with van der Waals surface area (Å²) in [5.74, 6) is 0.0221. The predicted molar refractivity (Wildman–Crippen MR) is 76.3 cm³/mol. The summed E-state index contributed by atoms with van der Waals surface area (Å²) in [6.07, 6.45) is -3.21. The molecule has 0 fully saturated rings. The van der Waals surface area contributed by atoms with Crippen LogP contribution >= 0.6 is 0 Å². The van der Waals surface area contributed by atoms with E-state index in [9.17, 15) is 18.3 Å². The highest BCUT2D eigenvalue weighted by Crippen LogP contribution is 2.36. The van der Waals surface area contributed by atoms with Crippen molar-refractivity contribution >= 4 is 11.9 Å². The van der Waals surface area contributed by atoms with Crippen LogP contribution in [0.4, 0.5) is 18.9 Å². The molecule has 0 amide bonds. The maximum absolute atomic E-state index is 12.9. The third-order valence-corrected chi connectivity index (χ3v) is 3.03. The second kappa shape index (κ2) is 5.60. The maximum Gasteiger partial charge on any atom is 0.418 e. The Kier molecular flexibility index (Phi) is 4.02. The summed E-state index contributed by atoms with van der Waals surface area (Å²) in [7, 11) is 0. The smallest absolute Gasteiger partial charge is 0.418 e. The molecule has 0 heterocycles. The molecule has 0 aliphatic carbocycles. The van der Waals surface area contributed by atoms with Crippen molar-refractivity contribution in [2.45, 2.75) is 20.0 Å². The summed E-state index contributed by atoms with van der Waals surface area (Å²) in [5, 5.41) is 9.92. The van der Waals surface area contributed by atoms with Crippen LogP contribution in [-0.4, -0.2) is 11.3 Å². The molecule has 0 aromatic heterocycles. The summed E-state index contributed by atoms with van der Waals surface area (Å²) in [4.78, 5) is 3.88. The van der Waals surface area contributed by atoms with E-state index in [2.05, 4.69) is 4.99 Å². The Balaban J connectivity index is 2.44. The van der Waals surface area contributed by atoms with Crippen LogP contribution in [0.1, 0.15) is 22.3 Å². The number of aromatic hydroxyl groups is 1. The number of aryl methyl sites for hydroxylation is 2. The van der Waals surface area contributed by atoms with Crippen LogP contribution in [0, 0.1) is 13.8 Å². The molecule has 0 aliphatic rings. The van der Waals surface area contributed by atoms with Gasteiger partial charge in [-0.25, -0.2) is 0 Å². The fourth-order valence-corrected chi connectivity index (χ4v) is 2.06. The summed E-state index contributed by atoms with van der Waals surface area (Å²) < 4.78 is 38.6. The Morgan fingerprint density at radius 1 is 1.10 bits per heavy atom. The quantitative estimate of drug-likeness (QED) is 0.794. The van der Waals surface area contributed by atoms with Crippen LogP contribution in [0.15, 0.2) is 41.4 Å². The van der Waals surface area contributed by atoms with Gasteiger partial charge in [0.05, 0.1) is 11.3 Å². The summed E-state index contributed by atoms with van der Waals surface area (Å²) in [5.41, 5.74) is 0.967. The van der Waals surface area contributed by atoms with Gasteiger partial charge in [-0.2, -0.15) is 13.2 Å². The van der Waals surface area contributed by atoms with Crippen molar-refractivity contribution in [2.75, 3.05) is 0 Å². The molecule has 0 atom stereocenters. The minimum absolute atomic E-state index is 0.0221. The number of aliphatic imine (C=N–C) groups is 1. The molecule has 0 saturated heterocycles. The van der Waals surface area contributed by atoms with Crippen molar-refractivity contribution in [1.29, 1.82) is 0 Å². The molecular formula is C16H14F3NO. The molecule has 0 radical (unpaired) electrons. The van der Waals surface area contributed by atoms with Crippen LogP contribution in [0.2, 0.25) is 0 Å². The Morgan fingerprint density at radius 2 is 1.76 bits per heavy atom. The lowest BCUT2D eigenvalue weighted by atomic mass is 10.1. The fourth-order valence-electron chi connectivity index (χ4n) is 2.06. The minimum atomic E-state index is -4.46. The second-order valence-corrected chi connectivity index (χ2v) is 4.79. The zero-order chi connectivity index (χ0) is 15.6. The van der Waals surface area contributed by atoms with E-state index in [1.165, 1.54) is 24.4 Å². The number of nitrogens with zero attached hydrogens (tertiary/aromatic N) is 1. The number of alkyl halides is 3. The monoisotopic (exact) mass is 293 g/mol. The lowest BCUT2D eigenvalue weighted by Crippen LogP contribution is -2.04. The van der Waals surface area contributed by atoms with Crippen molar-refractivity contribution in [3.63, 3.8) is 0 Å². The first-order valence-corrected chi connectivity index (χ1v) is 6.29. The van der Waals surface area contributed by atoms with Gasteiger partial charge in [0, 0.05) is 11.8 Å². The van der Waals surface area contributed by atoms with E-state index >= 15 is 0 Å². The summed E-state index contributed by atoms with van der Waals surface area (Å²) in [6.45, 7) is 3.57. The Labute approximate surface area is 120 Å². The van der Waals surface area contributed by atoms with Crippen molar-refractivity contribution in [3.8, 4) is 5.75 Å². The minimum Gasteiger partial charge on any atom is -0.507 e. The summed E-state index contributed by atoms with van der Waals surface area (Å²) in [6, 6.07) is 8.53. The van der Waals surface area contributed by atoms with Gasteiger partial charge in [-0.05, 0) is 43.2 Å². The molecule has 5 heteroatoms. The molecule has 2 aromatic rings. The molecule has 2 nitrogen and oxygen atoms in total. The van der Waals surface area contributed by atoms with Crippen molar-refractivity contribution in [3.05, 3.63) is 58.7 Å². The normalized spacial score (nSPS) is 12.0. The van der Waals surface area contributed by atoms with Crippen molar-refractivity contribution < 1.29 is 18.3 Å². The van der Waals surface area contributed by atoms with Crippen LogP contribution in [0.3, 0.4) is 0 Å². The van der Waals surface area contributed by atoms with Gasteiger partial charge in [-0.1, -0.05) is 18.2 Å². The molecule has 0 bridgehead atoms. The van der Waals surface area contributed by atoms with E-state index in [4.69, 9.17) is 0 Å². The van der Waals surface area contributed by atoms with E-state index in [-0.39, 0.29) is 11.4 Å². The number of phenols is 1. The SMILES string of the molecule is Cc1cc(C)c(O)c(/C=N/c2ccccc2C(F)(F)F)c1. The van der Waals surface area contributed by atoms with Crippen molar-refractivity contribution in [1.82, 2.24) is 0 Å². The van der Waals surface area contributed by atoms with Gasteiger partial charge in [0.2, 0.25) is 0 Å². The van der Waals surface area contributed by atoms with Gasteiger partial charge >= 0.3 is 6.18 Å². The molecule has 0 aliphatic heterocycles. The van der Waals surface area contributed by atoms with Crippen LogP contribution in [0.5, 0.6) is 5.75 Å². The van der Waals surface area contributed by atoms with Gasteiger partial charge in [0.1, 0.15) is 5.75 Å². The summed E-state index contributed by atoms with van der Waals surface area (Å²) >= 11 is 0. The highest BCUT2D eigenvalue weighted by atomic mass is 19.4. The molecule has 2 aromatic carbocycles. The third-order valence-electron chi connectivity index (χ3n) is 3.03. The highest BCUT2D eigenvalue weighted by Gasteiger charge is 2.32. The predicted octanol–water partition coefficient (Wildman–Crippen LogP) is 4.78. The second-order valence-electron chi connectivity index (χ2n) is 4.79. The standard InChI is InChI=1S/C16H14F3NO/c1-10-7-11(2)15(21)12(8-10)9-20-14-6-4-3-5-13(14)16(17,18)19/h3-9,21H,1-2H3/b20-9+. The Bertz CT molecular complexity index is 690. The highest BCUT2D eigenvalue weighted by molar-refractivity contribution is 5.86. The average molecular weight is 293 g/mol. The number of para-hydroxylation sites is 1. The van der Waals surface area contributed by atoms with Gasteiger partial charge in [0.25, 0.3) is 0 Å². The molecule has 0 unspecified atom stereocenters. The molecule has 110 valence electrons. The molecule has 21 heavy (non-hydrogen) atoms. The molecule has 0 saturated carbocycles. The Morgan fingerprint density at radius 3 is 2.43 bits per heavy atom. The number of hydrogen-bond donors (Lipinski definition) is 1. The van der Waals surface area contributed by atoms with Crippen molar-refractivity contribution in [2.24, 2.45) is 4.99 Å². The van der Waals surface area contributed by atoms with E-state index in [1.807, 2.05) is 6.92 Å². The average Bonchev–Trinajstić information content (AvgIpc) is 2.40. The third kappa shape index (κ3) is 3.42. The van der Waals surface area contributed by atoms with Crippen LogP contribution in [0.25, 0.3) is 0 Å². The zero-order valence-electron chi connectivity index (χ0n) is 11.6. The lowest BCUT2D eigenvalue weighted by molar-refractivity contribution is -0.137. The van der Waals surface area contributed by atoms with Gasteiger partial charge in [-0.15, -0.1) is 0 Å². The molecule has 0 spiro atoms. The maximum atomic E-state index is 12.9. The zero-order valence-corrected chi connectivity index (χ0v) is 11.6. The first-order chi connectivity index (χ1) is 9.79. The Hall–Kier alpha value is -2.30. The first-order valence-electron chi connectivity index (χ1n) is 6.29. The fraction of sp³-hybridized carbons (Fsp3) is 0.188. The largest absolute Gasteiger partial charge is 0.507 e. The first kappa shape index (κ1) is 15.1. The van der Waals surface area contributed by atoms with Gasteiger partial charge in [-0.3, -0.25) is 4.99 Å². The van der Waals surface area contributed by atoms with E-state index < -0.39 is 11.7 Å². The van der Waals surface area contributed by atoms with Crippen LogP contribution < -0.4 is 0 Å². The topological polar surface area (TPSA) is 32.6 Å².